The number of likely N-dealkylation sites (N-methyl/N-ethyl adjacent to an activating group) is 1. The van der Waals surface area contributed by atoms with E-state index >= 15 is 0 Å². The lowest BCUT2D eigenvalue weighted by Gasteiger charge is -2.19. The molecule has 0 saturated heterocycles. The van der Waals surface area contributed by atoms with Crippen molar-refractivity contribution >= 4 is 5.91 Å². The smallest absolute Gasteiger partial charge is 0.236 e. The van der Waals surface area contributed by atoms with Gasteiger partial charge < -0.3 is 15.0 Å². The summed E-state index contributed by atoms with van der Waals surface area (Å²) < 4.78 is 5.56. The maximum absolute atomic E-state index is 11.9. The van der Waals surface area contributed by atoms with Gasteiger partial charge in [-0.05, 0) is 26.0 Å². The van der Waals surface area contributed by atoms with Crippen LogP contribution in [0.15, 0.2) is 24.3 Å². The summed E-state index contributed by atoms with van der Waals surface area (Å²) in [6.07, 6.45) is 1.03. The van der Waals surface area contributed by atoms with Gasteiger partial charge in [-0.2, -0.15) is 0 Å². The van der Waals surface area contributed by atoms with Crippen molar-refractivity contribution < 1.29 is 9.53 Å². The molecule has 1 amide bonds. The number of hydrogen-bond acceptors (Lipinski definition) is 3. The summed E-state index contributed by atoms with van der Waals surface area (Å²) in [5, 5.41) is 3.12. The Morgan fingerprint density at radius 3 is 2.74 bits per heavy atom. The largest absolute Gasteiger partial charge is 0.494 e. The molecule has 1 rings (SSSR count). The molecular formula is C15H24N2O2. The monoisotopic (exact) mass is 264 g/mol. The highest BCUT2D eigenvalue weighted by atomic mass is 16.5. The number of amides is 1. The van der Waals surface area contributed by atoms with Gasteiger partial charge in [-0.25, -0.2) is 0 Å². The molecule has 1 aromatic rings. The van der Waals surface area contributed by atoms with Gasteiger partial charge in [-0.15, -0.1) is 0 Å². The number of carbonyl (C=O) groups excluding carboxylic acids is 1. The van der Waals surface area contributed by atoms with E-state index in [1.165, 1.54) is 0 Å². The first-order valence-corrected chi connectivity index (χ1v) is 6.84. The number of ether oxygens (including phenoxy) is 1. The number of para-hydroxylation sites is 1. The number of nitrogens with zero attached hydrogens (tertiary/aromatic N) is 1. The van der Waals surface area contributed by atoms with Gasteiger partial charge in [0.2, 0.25) is 5.91 Å². The first kappa shape index (κ1) is 15.5. The van der Waals surface area contributed by atoms with E-state index in [0.29, 0.717) is 19.7 Å². The van der Waals surface area contributed by atoms with Gasteiger partial charge in [-0.3, -0.25) is 4.79 Å². The molecule has 0 unspecified atom stereocenters. The predicted molar refractivity (Wildman–Crippen MR) is 77.2 cm³/mol. The molecule has 0 atom stereocenters. The fourth-order valence-electron chi connectivity index (χ4n) is 1.78. The van der Waals surface area contributed by atoms with E-state index < -0.39 is 0 Å². The maximum Gasteiger partial charge on any atom is 0.236 e. The van der Waals surface area contributed by atoms with Crippen molar-refractivity contribution in [2.24, 2.45) is 0 Å². The summed E-state index contributed by atoms with van der Waals surface area (Å²) in [5.41, 5.74) is 1.04. The Morgan fingerprint density at radius 1 is 1.32 bits per heavy atom. The van der Waals surface area contributed by atoms with E-state index in [9.17, 15) is 4.79 Å². The molecule has 4 nitrogen and oxygen atoms in total. The van der Waals surface area contributed by atoms with Crippen molar-refractivity contribution in [1.82, 2.24) is 10.2 Å². The van der Waals surface area contributed by atoms with Crippen molar-refractivity contribution in [3.05, 3.63) is 29.8 Å². The fraction of sp³-hybridized carbons (Fsp3) is 0.533. The van der Waals surface area contributed by atoms with Crippen LogP contribution in [-0.4, -0.2) is 37.6 Å². The number of rotatable bonds is 8. The number of hydrogen-bond donors (Lipinski definition) is 1. The molecule has 0 fully saturated rings. The molecule has 1 aromatic carbocycles. The highest BCUT2D eigenvalue weighted by Crippen LogP contribution is 2.19. The van der Waals surface area contributed by atoms with Crippen LogP contribution in [0.5, 0.6) is 5.75 Å². The fourth-order valence-corrected chi connectivity index (χ4v) is 1.78. The van der Waals surface area contributed by atoms with Crippen LogP contribution in [0.4, 0.5) is 0 Å². The average molecular weight is 264 g/mol. The van der Waals surface area contributed by atoms with Crippen LogP contribution in [0.2, 0.25) is 0 Å². The van der Waals surface area contributed by atoms with Crippen molar-refractivity contribution in [2.45, 2.75) is 26.8 Å². The lowest BCUT2D eigenvalue weighted by molar-refractivity contribution is -0.129. The molecule has 0 aliphatic rings. The minimum atomic E-state index is 0.0970. The molecule has 106 valence electrons. The molecule has 1 N–H and O–H groups in total. The van der Waals surface area contributed by atoms with Gasteiger partial charge in [-0.1, -0.05) is 25.1 Å². The Morgan fingerprint density at radius 2 is 2.05 bits per heavy atom. The molecular weight excluding hydrogens is 240 g/mol. The Bertz CT molecular complexity index is 393. The molecule has 0 spiro atoms. The second-order valence-electron chi connectivity index (χ2n) is 4.47. The maximum atomic E-state index is 11.9. The second kappa shape index (κ2) is 8.53. The van der Waals surface area contributed by atoms with Gasteiger partial charge >= 0.3 is 0 Å². The normalized spacial score (nSPS) is 10.3. The zero-order chi connectivity index (χ0) is 14.1. The van der Waals surface area contributed by atoms with Crippen LogP contribution in [0.25, 0.3) is 0 Å². The van der Waals surface area contributed by atoms with E-state index in [-0.39, 0.29) is 5.91 Å². The molecule has 0 aliphatic heterocycles. The van der Waals surface area contributed by atoms with Gasteiger partial charge in [0.1, 0.15) is 5.75 Å². The molecule has 0 heterocycles. The lowest BCUT2D eigenvalue weighted by atomic mass is 10.2. The molecule has 0 saturated carbocycles. The summed E-state index contributed by atoms with van der Waals surface area (Å²) in [6.45, 7) is 6.51. The zero-order valence-corrected chi connectivity index (χ0v) is 12.1. The van der Waals surface area contributed by atoms with E-state index in [4.69, 9.17) is 4.74 Å². The van der Waals surface area contributed by atoms with Crippen LogP contribution < -0.4 is 10.1 Å². The van der Waals surface area contributed by atoms with Crippen molar-refractivity contribution in [3.63, 3.8) is 0 Å². The van der Waals surface area contributed by atoms with E-state index in [1.54, 1.807) is 4.90 Å². The summed E-state index contributed by atoms with van der Waals surface area (Å²) in [7, 11) is 1.82. The third-order valence-corrected chi connectivity index (χ3v) is 2.81. The van der Waals surface area contributed by atoms with Crippen molar-refractivity contribution in [3.8, 4) is 5.75 Å². The van der Waals surface area contributed by atoms with Gasteiger partial charge in [0.15, 0.2) is 0 Å². The zero-order valence-electron chi connectivity index (χ0n) is 12.1. The standard InChI is InChI=1S/C15H24N2O2/c1-4-10-16-11-15(18)17(3)12-13-8-6-7-9-14(13)19-5-2/h6-9,16H,4-5,10-12H2,1-3H3. The summed E-state index contributed by atoms with van der Waals surface area (Å²) in [6, 6.07) is 7.84. The first-order valence-electron chi connectivity index (χ1n) is 6.84. The third-order valence-electron chi connectivity index (χ3n) is 2.81. The predicted octanol–water partition coefficient (Wildman–Crippen LogP) is 2.04. The second-order valence-corrected chi connectivity index (χ2v) is 4.47. The van der Waals surface area contributed by atoms with Gasteiger partial charge in [0.05, 0.1) is 13.2 Å². The lowest BCUT2D eigenvalue weighted by Crippen LogP contribution is -2.35. The van der Waals surface area contributed by atoms with Crippen LogP contribution in [0, 0.1) is 0 Å². The number of carbonyl (C=O) groups is 1. The van der Waals surface area contributed by atoms with Gasteiger partial charge in [0, 0.05) is 19.2 Å². The first-order chi connectivity index (χ1) is 9.19. The summed E-state index contributed by atoms with van der Waals surface area (Å²) in [4.78, 5) is 13.6. The Balaban J connectivity index is 2.55. The van der Waals surface area contributed by atoms with Crippen LogP contribution in [0.1, 0.15) is 25.8 Å². The Hall–Kier alpha value is -1.55. The van der Waals surface area contributed by atoms with Crippen LogP contribution in [-0.2, 0) is 11.3 Å². The molecule has 4 heteroatoms. The van der Waals surface area contributed by atoms with E-state index in [1.807, 2.05) is 38.2 Å². The SMILES string of the molecule is CCCNCC(=O)N(C)Cc1ccccc1OCC. The quantitative estimate of drug-likeness (QED) is 0.731. The van der Waals surface area contributed by atoms with Crippen LogP contribution in [0.3, 0.4) is 0 Å². The summed E-state index contributed by atoms with van der Waals surface area (Å²) in [5.74, 6) is 0.950. The topological polar surface area (TPSA) is 41.6 Å². The molecule has 0 aliphatic carbocycles. The van der Waals surface area contributed by atoms with Crippen LogP contribution >= 0.6 is 0 Å². The number of benzene rings is 1. The highest BCUT2D eigenvalue weighted by Gasteiger charge is 2.11. The average Bonchev–Trinajstić information content (AvgIpc) is 2.41. The number of nitrogens with one attached hydrogen (secondary N) is 1. The molecule has 19 heavy (non-hydrogen) atoms. The van der Waals surface area contributed by atoms with Crippen molar-refractivity contribution in [1.29, 1.82) is 0 Å². The Labute approximate surface area is 115 Å². The molecule has 0 aromatic heterocycles. The van der Waals surface area contributed by atoms with Gasteiger partial charge in [0.25, 0.3) is 0 Å². The third kappa shape index (κ3) is 5.30. The molecule has 0 bridgehead atoms. The Kier molecular flexibility index (Phi) is 6.97. The molecule has 0 radical (unpaired) electrons. The van der Waals surface area contributed by atoms with Crippen molar-refractivity contribution in [2.75, 3.05) is 26.7 Å². The summed E-state index contributed by atoms with van der Waals surface area (Å²) >= 11 is 0. The minimum Gasteiger partial charge on any atom is -0.494 e. The van der Waals surface area contributed by atoms with E-state index in [0.717, 1.165) is 24.3 Å². The highest BCUT2D eigenvalue weighted by molar-refractivity contribution is 5.78. The minimum absolute atomic E-state index is 0.0970. The van der Waals surface area contributed by atoms with E-state index in [2.05, 4.69) is 12.2 Å².